The fourth-order valence-electron chi connectivity index (χ4n) is 3.37. The summed E-state index contributed by atoms with van der Waals surface area (Å²) in [7, 11) is 0. The van der Waals surface area contributed by atoms with Crippen molar-refractivity contribution in [2.24, 2.45) is 10.2 Å². The van der Waals surface area contributed by atoms with Crippen LogP contribution in [0.5, 0.6) is 0 Å². The average molecular weight is 368 g/mol. The molecule has 4 rings (SSSR count). The van der Waals surface area contributed by atoms with E-state index in [0.29, 0.717) is 6.04 Å². The van der Waals surface area contributed by atoms with E-state index in [1.807, 2.05) is 48.5 Å². The van der Waals surface area contributed by atoms with Crippen LogP contribution < -0.4 is 11.1 Å². The van der Waals surface area contributed by atoms with E-state index < -0.39 is 0 Å². The quantitative estimate of drug-likeness (QED) is 0.289. The number of fused-ring (bicyclic) bond motifs is 2. The maximum absolute atomic E-state index is 6.10. The second-order valence-corrected chi connectivity index (χ2v) is 7.05. The van der Waals surface area contributed by atoms with Gasteiger partial charge in [0.2, 0.25) is 0 Å². The maximum Gasteiger partial charge on any atom is 0.0936 e. The molecule has 28 heavy (non-hydrogen) atoms. The molecule has 0 saturated heterocycles. The van der Waals surface area contributed by atoms with Crippen molar-refractivity contribution in [3.63, 3.8) is 0 Å². The number of nitrogens with one attached hydrogen (secondary N) is 1. The molecule has 1 atom stereocenters. The number of anilines is 2. The molecule has 0 aliphatic rings. The third-order valence-corrected chi connectivity index (χ3v) is 5.12. The smallest absolute Gasteiger partial charge is 0.0936 e. The molecule has 0 radical (unpaired) electrons. The Labute approximate surface area is 165 Å². The first-order valence-electron chi connectivity index (χ1n) is 9.64. The normalized spacial score (nSPS) is 12.6. The number of azo groups is 1. The molecule has 4 nitrogen and oxygen atoms in total. The van der Waals surface area contributed by atoms with Crippen LogP contribution in [0.3, 0.4) is 0 Å². The zero-order valence-electron chi connectivity index (χ0n) is 16.2. The number of nitrogens with zero attached hydrogens (tertiary/aromatic N) is 2. The molecule has 0 aliphatic carbocycles. The summed E-state index contributed by atoms with van der Waals surface area (Å²) in [6, 6.07) is 24.6. The van der Waals surface area contributed by atoms with Gasteiger partial charge in [-0.1, -0.05) is 55.5 Å². The van der Waals surface area contributed by atoms with Gasteiger partial charge in [0.25, 0.3) is 0 Å². The maximum atomic E-state index is 6.10. The van der Waals surface area contributed by atoms with Crippen LogP contribution in [0.4, 0.5) is 22.7 Å². The third-order valence-electron chi connectivity index (χ3n) is 5.12. The lowest BCUT2D eigenvalue weighted by Crippen LogP contribution is -2.13. The molecule has 0 aliphatic heterocycles. The van der Waals surface area contributed by atoms with Crippen molar-refractivity contribution >= 4 is 44.3 Å². The molecular weight excluding hydrogens is 344 g/mol. The zero-order valence-corrected chi connectivity index (χ0v) is 16.2. The largest absolute Gasteiger partial charge is 0.398 e. The molecule has 4 aromatic rings. The van der Waals surface area contributed by atoms with Crippen molar-refractivity contribution in [1.29, 1.82) is 0 Å². The lowest BCUT2D eigenvalue weighted by atomic mass is 10.1. The first-order chi connectivity index (χ1) is 13.7. The van der Waals surface area contributed by atoms with Crippen molar-refractivity contribution in [2.75, 3.05) is 11.1 Å². The van der Waals surface area contributed by atoms with Crippen LogP contribution in [0.1, 0.15) is 20.3 Å². The molecule has 0 fully saturated rings. The molecule has 0 saturated carbocycles. The molecule has 4 heteroatoms. The van der Waals surface area contributed by atoms with Gasteiger partial charge in [0, 0.05) is 39.0 Å². The minimum absolute atomic E-state index is 0.414. The summed E-state index contributed by atoms with van der Waals surface area (Å²) in [4.78, 5) is 0. The summed E-state index contributed by atoms with van der Waals surface area (Å²) in [5, 5.41) is 17.0. The summed E-state index contributed by atoms with van der Waals surface area (Å²) in [6.45, 7) is 4.37. The van der Waals surface area contributed by atoms with Crippen molar-refractivity contribution in [2.45, 2.75) is 26.3 Å². The van der Waals surface area contributed by atoms with Gasteiger partial charge in [-0.3, -0.25) is 0 Å². The van der Waals surface area contributed by atoms with Crippen LogP contribution in [-0.4, -0.2) is 6.04 Å². The van der Waals surface area contributed by atoms with Crippen molar-refractivity contribution in [3.8, 4) is 0 Å². The highest BCUT2D eigenvalue weighted by Crippen LogP contribution is 2.35. The summed E-state index contributed by atoms with van der Waals surface area (Å²) in [6.07, 6.45) is 1.07. The number of hydrogen-bond donors (Lipinski definition) is 2. The van der Waals surface area contributed by atoms with Crippen LogP contribution >= 0.6 is 0 Å². The molecule has 140 valence electrons. The highest BCUT2D eigenvalue weighted by molar-refractivity contribution is 6.02. The fourth-order valence-corrected chi connectivity index (χ4v) is 3.37. The fraction of sp³-hybridized carbons (Fsp3) is 0.167. The SMILES string of the molecule is CCC(C)Nc1ccc(/N=N/c2ccc(N)c3ccccc23)c2ccccc12. The second kappa shape index (κ2) is 7.69. The minimum Gasteiger partial charge on any atom is -0.398 e. The topological polar surface area (TPSA) is 62.8 Å². The molecule has 0 aromatic heterocycles. The van der Waals surface area contributed by atoms with Gasteiger partial charge >= 0.3 is 0 Å². The Balaban J connectivity index is 1.77. The standard InChI is InChI=1S/C24H24N4/c1-3-16(2)26-22-14-15-24(20-11-7-6-10-19(20)22)28-27-23-13-12-21(25)17-8-4-5-9-18(17)23/h4-16,26H,3,25H2,1-2H3/b28-27+. The molecule has 3 N–H and O–H groups in total. The van der Waals surface area contributed by atoms with E-state index in [2.05, 4.69) is 53.7 Å². The zero-order chi connectivity index (χ0) is 19.5. The van der Waals surface area contributed by atoms with Crippen molar-refractivity contribution < 1.29 is 0 Å². The Morgan fingerprint density at radius 2 is 1.29 bits per heavy atom. The summed E-state index contributed by atoms with van der Waals surface area (Å²) in [5.41, 5.74) is 9.64. The van der Waals surface area contributed by atoms with Gasteiger partial charge in [-0.25, -0.2) is 0 Å². The molecular formula is C24H24N4. The van der Waals surface area contributed by atoms with Gasteiger partial charge < -0.3 is 11.1 Å². The van der Waals surface area contributed by atoms with Gasteiger partial charge in [-0.15, -0.1) is 10.2 Å². The molecule has 4 aromatic carbocycles. The average Bonchev–Trinajstić information content (AvgIpc) is 2.74. The Bertz CT molecular complexity index is 1160. The van der Waals surface area contributed by atoms with E-state index in [9.17, 15) is 0 Å². The third kappa shape index (κ3) is 3.41. The molecule has 0 heterocycles. The van der Waals surface area contributed by atoms with E-state index in [4.69, 9.17) is 5.73 Å². The number of rotatable bonds is 5. The summed E-state index contributed by atoms with van der Waals surface area (Å²) >= 11 is 0. The van der Waals surface area contributed by atoms with E-state index >= 15 is 0 Å². The molecule has 0 amide bonds. The molecule has 0 spiro atoms. The van der Waals surface area contributed by atoms with E-state index in [-0.39, 0.29) is 0 Å². The lowest BCUT2D eigenvalue weighted by Gasteiger charge is -2.15. The highest BCUT2D eigenvalue weighted by atomic mass is 15.1. The number of hydrogen-bond acceptors (Lipinski definition) is 4. The van der Waals surface area contributed by atoms with Gasteiger partial charge in [-0.2, -0.15) is 0 Å². The first-order valence-corrected chi connectivity index (χ1v) is 9.64. The lowest BCUT2D eigenvalue weighted by molar-refractivity contribution is 0.765. The number of benzene rings is 4. The highest BCUT2D eigenvalue weighted by Gasteiger charge is 2.08. The van der Waals surface area contributed by atoms with Crippen molar-refractivity contribution in [3.05, 3.63) is 72.8 Å². The van der Waals surface area contributed by atoms with Crippen LogP contribution in [-0.2, 0) is 0 Å². The Hall–Kier alpha value is -3.40. The van der Waals surface area contributed by atoms with Crippen LogP contribution in [0.2, 0.25) is 0 Å². The Kier molecular flexibility index (Phi) is 4.94. The van der Waals surface area contributed by atoms with Gasteiger partial charge in [0.1, 0.15) is 0 Å². The molecule has 0 bridgehead atoms. The summed E-state index contributed by atoms with van der Waals surface area (Å²) < 4.78 is 0. The van der Waals surface area contributed by atoms with Crippen LogP contribution in [0, 0.1) is 0 Å². The first kappa shape index (κ1) is 18.0. The van der Waals surface area contributed by atoms with E-state index in [1.54, 1.807) is 0 Å². The summed E-state index contributed by atoms with van der Waals surface area (Å²) in [5.74, 6) is 0. The van der Waals surface area contributed by atoms with Crippen LogP contribution in [0.15, 0.2) is 83.0 Å². The minimum atomic E-state index is 0.414. The van der Waals surface area contributed by atoms with E-state index in [0.717, 1.165) is 50.7 Å². The molecule has 1 unspecified atom stereocenters. The Morgan fingerprint density at radius 3 is 1.93 bits per heavy atom. The second-order valence-electron chi connectivity index (χ2n) is 7.05. The predicted octanol–water partition coefficient (Wildman–Crippen LogP) is 7.20. The van der Waals surface area contributed by atoms with E-state index in [1.165, 1.54) is 0 Å². The monoisotopic (exact) mass is 368 g/mol. The number of nitrogen functional groups attached to an aromatic ring is 1. The predicted molar refractivity (Wildman–Crippen MR) is 120 cm³/mol. The van der Waals surface area contributed by atoms with Gasteiger partial charge in [-0.05, 0) is 37.6 Å². The Morgan fingerprint density at radius 1 is 0.750 bits per heavy atom. The number of nitrogens with two attached hydrogens (primary N) is 1. The van der Waals surface area contributed by atoms with Crippen molar-refractivity contribution in [1.82, 2.24) is 0 Å². The van der Waals surface area contributed by atoms with Crippen LogP contribution in [0.25, 0.3) is 21.5 Å². The van der Waals surface area contributed by atoms with Gasteiger partial charge in [0.05, 0.1) is 11.4 Å². The van der Waals surface area contributed by atoms with Gasteiger partial charge in [0.15, 0.2) is 0 Å².